The predicted molar refractivity (Wildman–Crippen MR) is 66.4 cm³/mol. The van der Waals surface area contributed by atoms with E-state index in [0.29, 0.717) is 19.1 Å². The van der Waals surface area contributed by atoms with Crippen LogP contribution in [0.3, 0.4) is 0 Å². The lowest BCUT2D eigenvalue weighted by atomic mass is 10.1. The molecule has 0 saturated carbocycles. The molecule has 0 aliphatic carbocycles. The van der Waals surface area contributed by atoms with Gasteiger partial charge in [0.2, 0.25) is 0 Å². The number of rotatable bonds is 5. The summed E-state index contributed by atoms with van der Waals surface area (Å²) in [5.41, 5.74) is 0.942. The molecule has 1 saturated heterocycles. The molecular formula is C12H21N3O4. The Morgan fingerprint density at radius 2 is 2.32 bits per heavy atom. The maximum atomic E-state index is 9.67. The fourth-order valence-electron chi connectivity index (χ4n) is 1.88. The molecule has 0 radical (unpaired) electrons. The van der Waals surface area contributed by atoms with Crippen LogP contribution in [0, 0.1) is 0 Å². The molecule has 2 rings (SSSR count). The molecule has 0 aromatic carbocycles. The summed E-state index contributed by atoms with van der Waals surface area (Å²) in [6.45, 7) is 5.24. The van der Waals surface area contributed by atoms with Crippen LogP contribution in [0.25, 0.3) is 0 Å². The lowest BCUT2D eigenvalue weighted by molar-refractivity contribution is -0.236. The van der Waals surface area contributed by atoms with Crippen LogP contribution in [0.15, 0.2) is 6.20 Å². The summed E-state index contributed by atoms with van der Waals surface area (Å²) >= 11 is 0. The molecule has 1 aromatic heterocycles. The normalized spacial score (nSPS) is 27.9. The number of ether oxygens (including phenoxy) is 2. The Kier molecular flexibility index (Phi) is 4.87. The summed E-state index contributed by atoms with van der Waals surface area (Å²) in [5.74, 6) is 0.347. The second-order valence-corrected chi connectivity index (χ2v) is 5.09. The van der Waals surface area contributed by atoms with Crippen LogP contribution in [0.4, 0.5) is 0 Å². The van der Waals surface area contributed by atoms with Crippen LogP contribution in [0.2, 0.25) is 0 Å². The third-order valence-corrected chi connectivity index (χ3v) is 3.03. The third-order valence-electron chi connectivity index (χ3n) is 3.03. The minimum atomic E-state index is -0.786. The molecule has 3 unspecified atom stereocenters. The molecule has 0 bridgehead atoms. The van der Waals surface area contributed by atoms with Crippen LogP contribution in [0.5, 0.6) is 0 Å². The Labute approximate surface area is 112 Å². The van der Waals surface area contributed by atoms with Crippen molar-refractivity contribution in [3.63, 3.8) is 0 Å². The van der Waals surface area contributed by atoms with Crippen LogP contribution >= 0.6 is 0 Å². The van der Waals surface area contributed by atoms with E-state index < -0.39 is 18.5 Å². The van der Waals surface area contributed by atoms with Crippen LogP contribution in [-0.2, 0) is 16.0 Å². The molecule has 1 aliphatic rings. The van der Waals surface area contributed by atoms with Gasteiger partial charge in [0.15, 0.2) is 6.29 Å². The topological polar surface area (TPSA) is 89.6 Å². The van der Waals surface area contributed by atoms with Gasteiger partial charge in [0.1, 0.15) is 6.10 Å². The maximum Gasteiger partial charge on any atom is 0.183 e. The van der Waals surface area contributed by atoms with Gasteiger partial charge in [0.05, 0.1) is 31.6 Å². The van der Waals surface area contributed by atoms with Gasteiger partial charge in [0, 0.05) is 12.6 Å². The molecule has 108 valence electrons. The zero-order chi connectivity index (χ0) is 13.8. The van der Waals surface area contributed by atoms with Crippen molar-refractivity contribution in [3.8, 4) is 0 Å². The first-order valence-electron chi connectivity index (χ1n) is 6.55. The Morgan fingerprint density at radius 3 is 2.95 bits per heavy atom. The average molecular weight is 271 g/mol. The first-order chi connectivity index (χ1) is 9.06. The van der Waals surface area contributed by atoms with Gasteiger partial charge in [-0.2, -0.15) is 0 Å². The van der Waals surface area contributed by atoms with E-state index >= 15 is 0 Å². The van der Waals surface area contributed by atoms with Crippen molar-refractivity contribution in [1.29, 1.82) is 0 Å². The molecule has 1 aliphatic heterocycles. The molecule has 0 spiro atoms. The molecule has 1 fully saturated rings. The molecule has 19 heavy (non-hydrogen) atoms. The quantitative estimate of drug-likeness (QED) is 0.776. The Balaban J connectivity index is 1.73. The van der Waals surface area contributed by atoms with Gasteiger partial charge in [-0.3, -0.25) is 0 Å². The third kappa shape index (κ3) is 3.97. The van der Waals surface area contributed by atoms with Gasteiger partial charge < -0.3 is 19.7 Å². The first-order valence-corrected chi connectivity index (χ1v) is 6.55. The molecule has 7 nitrogen and oxygen atoms in total. The minimum Gasteiger partial charge on any atom is -0.391 e. The van der Waals surface area contributed by atoms with E-state index in [0.717, 1.165) is 5.69 Å². The molecule has 7 heteroatoms. The van der Waals surface area contributed by atoms with Crippen molar-refractivity contribution in [2.45, 2.75) is 51.2 Å². The Morgan fingerprint density at radius 1 is 1.53 bits per heavy atom. The molecular weight excluding hydrogens is 250 g/mol. The highest BCUT2D eigenvalue weighted by atomic mass is 16.7. The molecule has 2 N–H and O–H groups in total. The van der Waals surface area contributed by atoms with E-state index in [4.69, 9.17) is 9.47 Å². The van der Waals surface area contributed by atoms with Gasteiger partial charge in [-0.15, -0.1) is 5.10 Å². The zero-order valence-corrected chi connectivity index (χ0v) is 11.3. The summed E-state index contributed by atoms with van der Waals surface area (Å²) in [4.78, 5) is 0. The van der Waals surface area contributed by atoms with Gasteiger partial charge in [-0.25, -0.2) is 4.68 Å². The predicted octanol–water partition coefficient (Wildman–Crippen LogP) is -0.114. The van der Waals surface area contributed by atoms with Crippen molar-refractivity contribution in [3.05, 3.63) is 11.9 Å². The van der Waals surface area contributed by atoms with Gasteiger partial charge in [0.25, 0.3) is 0 Å². The number of aliphatic hydroxyl groups is 2. The van der Waals surface area contributed by atoms with E-state index in [2.05, 4.69) is 24.2 Å². The highest BCUT2D eigenvalue weighted by Crippen LogP contribution is 2.15. The summed E-state index contributed by atoms with van der Waals surface area (Å²) in [7, 11) is 0. The SMILES string of the molecule is CC(C)c1cn(CCOC2OCC(O)CC2O)nn1. The maximum absolute atomic E-state index is 9.67. The van der Waals surface area contributed by atoms with Crippen LogP contribution < -0.4 is 0 Å². The number of aromatic nitrogens is 3. The van der Waals surface area contributed by atoms with Crippen LogP contribution in [0.1, 0.15) is 31.9 Å². The lowest BCUT2D eigenvalue weighted by Crippen LogP contribution is -2.42. The zero-order valence-electron chi connectivity index (χ0n) is 11.3. The number of hydrogen-bond donors (Lipinski definition) is 2. The van der Waals surface area contributed by atoms with Crippen molar-refractivity contribution in [2.75, 3.05) is 13.2 Å². The van der Waals surface area contributed by atoms with Crippen molar-refractivity contribution in [1.82, 2.24) is 15.0 Å². The number of aliphatic hydroxyl groups excluding tert-OH is 2. The summed E-state index contributed by atoms with van der Waals surface area (Å²) in [6.07, 6.45) is 0.0995. The monoisotopic (exact) mass is 271 g/mol. The first kappa shape index (κ1) is 14.4. The second-order valence-electron chi connectivity index (χ2n) is 5.09. The van der Waals surface area contributed by atoms with Crippen molar-refractivity contribution < 1.29 is 19.7 Å². The number of hydrogen-bond acceptors (Lipinski definition) is 6. The van der Waals surface area contributed by atoms with E-state index in [9.17, 15) is 10.2 Å². The molecule has 0 amide bonds. The van der Waals surface area contributed by atoms with Crippen LogP contribution in [-0.4, -0.2) is 56.9 Å². The largest absolute Gasteiger partial charge is 0.391 e. The second kappa shape index (κ2) is 6.42. The van der Waals surface area contributed by atoms with E-state index in [1.165, 1.54) is 0 Å². The van der Waals surface area contributed by atoms with Gasteiger partial charge >= 0.3 is 0 Å². The van der Waals surface area contributed by atoms with Gasteiger partial charge in [-0.05, 0) is 5.92 Å². The molecule has 3 atom stereocenters. The molecule has 2 heterocycles. The van der Waals surface area contributed by atoms with Crippen molar-refractivity contribution >= 4 is 0 Å². The fourth-order valence-corrected chi connectivity index (χ4v) is 1.88. The Bertz CT molecular complexity index is 396. The lowest BCUT2D eigenvalue weighted by Gasteiger charge is -2.30. The summed E-state index contributed by atoms with van der Waals surface area (Å²) in [6, 6.07) is 0. The number of nitrogens with zero attached hydrogens (tertiary/aromatic N) is 3. The standard InChI is InChI=1S/C12H21N3O4/c1-8(2)10-6-15(14-13-10)3-4-18-12-11(17)5-9(16)7-19-12/h6,8-9,11-12,16-17H,3-5,7H2,1-2H3. The van der Waals surface area contributed by atoms with E-state index in [-0.39, 0.29) is 13.0 Å². The highest BCUT2D eigenvalue weighted by Gasteiger charge is 2.29. The summed E-state index contributed by atoms with van der Waals surface area (Å²) in [5, 5.41) is 27.0. The Hall–Kier alpha value is -1.02. The minimum absolute atomic E-state index is 0.197. The highest BCUT2D eigenvalue weighted by molar-refractivity contribution is 4.97. The van der Waals surface area contributed by atoms with Crippen molar-refractivity contribution in [2.24, 2.45) is 0 Å². The smallest absolute Gasteiger partial charge is 0.183 e. The fraction of sp³-hybridized carbons (Fsp3) is 0.833. The molecule has 1 aromatic rings. The van der Waals surface area contributed by atoms with E-state index in [1.807, 2.05) is 6.20 Å². The van der Waals surface area contributed by atoms with E-state index in [1.54, 1.807) is 4.68 Å². The summed E-state index contributed by atoms with van der Waals surface area (Å²) < 4.78 is 12.4. The van der Waals surface area contributed by atoms with Gasteiger partial charge in [-0.1, -0.05) is 19.1 Å². The average Bonchev–Trinajstić information content (AvgIpc) is 2.81.